The number of benzene rings is 3. The Morgan fingerprint density at radius 2 is 1.40 bits per heavy atom. The summed E-state index contributed by atoms with van der Waals surface area (Å²) >= 11 is 0. The molecule has 0 amide bonds. The maximum Gasteiger partial charge on any atom is 0.169 e. The van der Waals surface area contributed by atoms with Gasteiger partial charge in [-0.15, -0.1) is 0 Å². The summed E-state index contributed by atoms with van der Waals surface area (Å²) in [7, 11) is 0. The molecule has 3 aromatic carbocycles. The minimum Gasteiger partial charge on any atom is -0.486 e. The molecule has 2 heteroatoms. The highest BCUT2D eigenvalue weighted by Crippen LogP contribution is 2.43. The fourth-order valence-corrected chi connectivity index (χ4v) is 2.73. The van der Waals surface area contributed by atoms with Crippen LogP contribution in [0.1, 0.15) is 0 Å². The van der Waals surface area contributed by atoms with E-state index in [1.807, 2.05) is 12.1 Å². The summed E-state index contributed by atoms with van der Waals surface area (Å²) in [5.41, 5.74) is 2.38. The Bertz CT molecular complexity index is 763. The van der Waals surface area contributed by atoms with Gasteiger partial charge in [-0.25, -0.2) is 0 Å². The molecule has 0 radical (unpaired) electrons. The molecule has 0 atom stereocenters. The minimum atomic E-state index is 0.611. The van der Waals surface area contributed by atoms with Crippen LogP contribution in [0.3, 0.4) is 0 Å². The van der Waals surface area contributed by atoms with E-state index in [0.717, 1.165) is 16.9 Å². The molecule has 0 unspecified atom stereocenters. The van der Waals surface area contributed by atoms with E-state index in [4.69, 9.17) is 9.47 Å². The van der Waals surface area contributed by atoms with Crippen LogP contribution in [0.25, 0.3) is 21.9 Å². The maximum absolute atomic E-state index is 5.80. The average molecular weight is 262 g/mol. The standard InChI is InChI=1S/C18H14O2/c1-2-6-13(7-3-1)16-12-17-18(20-11-10-19-17)15-9-5-4-8-14(15)16/h1-9,12H,10-11H2. The first-order chi connectivity index (χ1) is 9.93. The second-order valence-corrected chi connectivity index (χ2v) is 4.86. The predicted octanol–water partition coefficient (Wildman–Crippen LogP) is 4.28. The highest BCUT2D eigenvalue weighted by atomic mass is 16.6. The van der Waals surface area contributed by atoms with Gasteiger partial charge < -0.3 is 9.47 Å². The summed E-state index contributed by atoms with van der Waals surface area (Å²) in [5.74, 6) is 1.71. The summed E-state index contributed by atoms with van der Waals surface area (Å²) in [4.78, 5) is 0. The van der Waals surface area contributed by atoms with Crippen LogP contribution >= 0.6 is 0 Å². The highest BCUT2D eigenvalue weighted by molar-refractivity contribution is 6.02. The van der Waals surface area contributed by atoms with Crippen molar-refractivity contribution in [2.24, 2.45) is 0 Å². The molecule has 0 saturated heterocycles. The quantitative estimate of drug-likeness (QED) is 0.651. The van der Waals surface area contributed by atoms with Crippen molar-refractivity contribution < 1.29 is 9.47 Å². The second kappa shape index (κ2) is 4.57. The third-order valence-electron chi connectivity index (χ3n) is 3.63. The summed E-state index contributed by atoms with van der Waals surface area (Å²) < 4.78 is 11.6. The summed E-state index contributed by atoms with van der Waals surface area (Å²) in [5, 5.41) is 2.31. The molecule has 0 aromatic heterocycles. The molecule has 0 fully saturated rings. The minimum absolute atomic E-state index is 0.611. The monoisotopic (exact) mass is 262 g/mol. The summed E-state index contributed by atoms with van der Waals surface area (Å²) in [6.07, 6.45) is 0. The number of hydrogen-bond acceptors (Lipinski definition) is 2. The number of hydrogen-bond donors (Lipinski definition) is 0. The van der Waals surface area contributed by atoms with Crippen LogP contribution in [0, 0.1) is 0 Å². The van der Waals surface area contributed by atoms with E-state index in [9.17, 15) is 0 Å². The fourth-order valence-electron chi connectivity index (χ4n) is 2.73. The zero-order valence-corrected chi connectivity index (χ0v) is 11.0. The Hall–Kier alpha value is -2.48. The topological polar surface area (TPSA) is 18.5 Å². The lowest BCUT2D eigenvalue weighted by atomic mass is 9.97. The molecule has 0 bridgehead atoms. The van der Waals surface area contributed by atoms with Crippen LogP contribution in [0.4, 0.5) is 0 Å². The molecule has 98 valence electrons. The lowest BCUT2D eigenvalue weighted by Gasteiger charge is -2.21. The molecule has 1 aliphatic heterocycles. The molecule has 1 heterocycles. The van der Waals surface area contributed by atoms with Crippen LogP contribution in [-0.4, -0.2) is 13.2 Å². The molecular formula is C18H14O2. The van der Waals surface area contributed by atoms with Gasteiger partial charge in [-0.3, -0.25) is 0 Å². The van der Waals surface area contributed by atoms with Gasteiger partial charge in [0.2, 0.25) is 0 Å². The van der Waals surface area contributed by atoms with Crippen molar-refractivity contribution in [3.05, 3.63) is 60.7 Å². The SMILES string of the molecule is c1ccc(-c2cc3c(c4ccccc24)OCCO3)cc1. The van der Waals surface area contributed by atoms with Crippen LogP contribution in [0.2, 0.25) is 0 Å². The fraction of sp³-hybridized carbons (Fsp3) is 0.111. The van der Waals surface area contributed by atoms with Gasteiger partial charge in [0.15, 0.2) is 11.5 Å². The lowest BCUT2D eigenvalue weighted by Crippen LogP contribution is -2.15. The van der Waals surface area contributed by atoms with Crippen LogP contribution in [0.15, 0.2) is 60.7 Å². The van der Waals surface area contributed by atoms with Crippen molar-refractivity contribution in [2.45, 2.75) is 0 Å². The molecular weight excluding hydrogens is 248 g/mol. The Kier molecular flexibility index (Phi) is 2.59. The number of ether oxygens (including phenoxy) is 2. The Morgan fingerprint density at radius 1 is 0.700 bits per heavy atom. The molecule has 0 aliphatic carbocycles. The van der Waals surface area contributed by atoms with Gasteiger partial charge in [-0.05, 0) is 22.6 Å². The van der Waals surface area contributed by atoms with Gasteiger partial charge in [0, 0.05) is 5.39 Å². The summed E-state index contributed by atoms with van der Waals surface area (Å²) in [6, 6.07) is 20.8. The summed E-state index contributed by atoms with van der Waals surface area (Å²) in [6.45, 7) is 1.22. The van der Waals surface area contributed by atoms with E-state index in [1.54, 1.807) is 0 Å². The molecule has 0 N–H and O–H groups in total. The van der Waals surface area contributed by atoms with E-state index in [2.05, 4.69) is 48.5 Å². The van der Waals surface area contributed by atoms with Crippen molar-refractivity contribution in [1.29, 1.82) is 0 Å². The Balaban J connectivity index is 2.06. The molecule has 0 spiro atoms. The Morgan fingerprint density at radius 3 is 2.25 bits per heavy atom. The van der Waals surface area contributed by atoms with E-state index >= 15 is 0 Å². The molecule has 2 nitrogen and oxygen atoms in total. The van der Waals surface area contributed by atoms with Gasteiger partial charge in [-0.1, -0.05) is 54.6 Å². The zero-order valence-electron chi connectivity index (χ0n) is 11.0. The third kappa shape index (κ3) is 1.73. The van der Waals surface area contributed by atoms with Crippen molar-refractivity contribution in [3.8, 4) is 22.6 Å². The van der Waals surface area contributed by atoms with Gasteiger partial charge in [0.25, 0.3) is 0 Å². The number of fused-ring (bicyclic) bond motifs is 3. The van der Waals surface area contributed by atoms with Gasteiger partial charge in [0.05, 0.1) is 0 Å². The molecule has 20 heavy (non-hydrogen) atoms. The first kappa shape index (κ1) is 11.4. The molecule has 0 saturated carbocycles. The van der Waals surface area contributed by atoms with E-state index in [-0.39, 0.29) is 0 Å². The van der Waals surface area contributed by atoms with Crippen molar-refractivity contribution in [2.75, 3.05) is 13.2 Å². The third-order valence-corrected chi connectivity index (χ3v) is 3.63. The van der Waals surface area contributed by atoms with Crippen LogP contribution in [0.5, 0.6) is 11.5 Å². The first-order valence-corrected chi connectivity index (χ1v) is 6.80. The smallest absolute Gasteiger partial charge is 0.169 e. The largest absolute Gasteiger partial charge is 0.486 e. The highest BCUT2D eigenvalue weighted by Gasteiger charge is 2.18. The molecule has 4 rings (SSSR count). The predicted molar refractivity (Wildman–Crippen MR) is 80.4 cm³/mol. The van der Waals surface area contributed by atoms with Gasteiger partial charge >= 0.3 is 0 Å². The molecule has 3 aromatic rings. The first-order valence-electron chi connectivity index (χ1n) is 6.80. The van der Waals surface area contributed by atoms with E-state index < -0.39 is 0 Å². The average Bonchev–Trinajstić information content (AvgIpc) is 2.55. The molecule has 1 aliphatic rings. The van der Waals surface area contributed by atoms with E-state index in [1.165, 1.54) is 16.5 Å². The van der Waals surface area contributed by atoms with Gasteiger partial charge in [0.1, 0.15) is 13.2 Å². The normalized spacial score (nSPS) is 13.4. The van der Waals surface area contributed by atoms with Crippen LogP contribution in [-0.2, 0) is 0 Å². The van der Waals surface area contributed by atoms with Crippen molar-refractivity contribution in [1.82, 2.24) is 0 Å². The Labute approximate surface area is 117 Å². The van der Waals surface area contributed by atoms with Gasteiger partial charge in [-0.2, -0.15) is 0 Å². The van der Waals surface area contributed by atoms with Crippen LogP contribution < -0.4 is 9.47 Å². The van der Waals surface area contributed by atoms with Crippen molar-refractivity contribution >= 4 is 10.8 Å². The maximum atomic E-state index is 5.80. The second-order valence-electron chi connectivity index (χ2n) is 4.86. The van der Waals surface area contributed by atoms with E-state index in [0.29, 0.717) is 13.2 Å². The number of rotatable bonds is 1. The zero-order chi connectivity index (χ0) is 13.4. The lowest BCUT2D eigenvalue weighted by molar-refractivity contribution is 0.174. The van der Waals surface area contributed by atoms with Crippen molar-refractivity contribution in [3.63, 3.8) is 0 Å².